The highest BCUT2D eigenvalue weighted by molar-refractivity contribution is 5.80. The first-order valence-corrected chi connectivity index (χ1v) is 23.5. The molecule has 65 heavy (non-hydrogen) atoms. The zero-order valence-electron chi connectivity index (χ0n) is 38.3. The predicted octanol–water partition coefficient (Wildman–Crippen LogP) is -1.67. The van der Waals surface area contributed by atoms with Gasteiger partial charge in [-0.2, -0.15) is 0 Å². The van der Waals surface area contributed by atoms with Crippen LogP contribution in [0.3, 0.4) is 0 Å². The number of carbonyl (C=O) groups is 1. The van der Waals surface area contributed by atoms with Gasteiger partial charge < -0.3 is 89.7 Å². The molecule has 4 saturated carbocycles. The maximum Gasteiger partial charge on any atom is 0.317 e. The van der Waals surface area contributed by atoms with Gasteiger partial charge >= 0.3 is 5.97 Å². The normalized spacial score (nSPS) is 55.4. The second-order valence-electron chi connectivity index (χ2n) is 22.7. The van der Waals surface area contributed by atoms with Crippen molar-refractivity contribution < 1.29 is 94.5 Å². The third kappa shape index (κ3) is 7.61. The first kappa shape index (κ1) is 49.9. The predicted molar refractivity (Wildman–Crippen MR) is 222 cm³/mol. The van der Waals surface area contributed by atoms with Gasteiger partial charge in [0.05, 0.1) is 44.7 Å². The monoisotopic (exact) mass is 930 g/mol. The molecule has 0 unspecified atom stereocenters. The lowest BCUT2D eigenvalue weighted by Crippen LogP contribution is -2.70. The molecule has 8 aliphatic rings. The van der Waals surface area contributed by atoms with Crippen LogP contribution in [-0.2, 0) is 33.2 Å². The maximum atomic E-state index is 15.5. The number of rotatable bonds is 8. The summed E-state index contributed by atoms with van der Waals surface area (Å²) in [6.45, 7) is 10.6. The van der Waals surface area contributed by atoms with Gasteiger partial charge in [-0.15, -0.1) is 0 Å². The summed E-state index contributed by atoms with van der Waals surface area (Å²) in [6, 6.07) is 0. The zero-order chi connectivity index (χ0) is 47.6. The van der Waals surface area contributed by atoms with Gasteiger partial charge in [-0.25, -0.2) is 0 Å². The highest BCUT2D eigenvalue weighted by Crippen LogP contribution is 2.76. The Bertz CT molecular complexity index is 1780. The summed E-state index contributed by atoms with van der Waals surface area (Å²) in [5.41, 5.74) is -3.81. The van der Waals surface area contributed by atoms with Crippen molar-refractivity contribution in [3.8, 4) is 0 Å². The van der Waals surface area contributed by atoms with E-state index in [1.54, 1.807) is 0 Å². The molecule has 3 aliphatic heterocycles. The topological polar surface area (TPSA) is 315 Å². The van der Waals surface area contributed by atoms with E-state index in [9.17, 15) is 61.3 Å². The van der Waals surface area contributed by atoms with Gasteiger partial charge in [0.15, 0.2) is 12.6 Å². The molecule has 0 aromatic rings. The van der Waals surface area contributed by atoms with Crippen LogP contribution in [0.4, 0.5) is 0 Å². The second kappa shape index (κ2) is 17.4. The summed E-state index contributed by atoms with van der Waals surface area (Å²) in [4.78, 5) is 15.5. The summed E-state index contributed by atoms with van der Waals surface area (Å²) in [5, 5.41) is 130. The van der Waals surface area contributed by atoms with E-state index in [1.807, 2.05) is 6.92 Å². The van der Waals surface area contributed by atoms with E-state index in [1.165, 1.54) is 0 Å². The van der Waals surface area contributed by atoms with Gasteiger partial charge in [0.25, 0.3) is 0 Å². The van der Waals surface area contributed by atoms with E-state index in [2.05, 4.69) is 40.7 Å². The first-order chi connectivity index (χ1) is 30.3. The zero-order valence-corrected chi connectivity index (χ0v) is 38.3. The SMILES string of the molecule is CC1(C)CC[C@]2(C(=O)O[C@@H]3OC[C@@H](O)[C@H](O)[C@H]3O)[C@H](O[C@@H]3O[C@H](CO)[C@@H](O)[C@H](O)[C@H]3O[C@@H]3OC[C@H](O)[C@H](O)[C@H]3O)C[C@]3(C)C(=CC[C@@H]4[C@@]5(C)C[C@H](O)[C@H](O)[C@@](C)(CO)[C@@H]5CC[C@]43C)[C@@H]2C1. The first-order valence-electron chi connectivity index (χ1n) is 23.5. The van der Waals surface area contributed by atoms with Crippen LogP contribution in [0.25, 0.3) is 0 Å². The Morgan fingerprint density at radius 2 is 1.32 bits per heavy atom. The van der Waals surface area contributed by atoms with Gasteiger partial charge in [-0.1, -0.05) is 53.2 Å². The van der Waals surface area contributed by atoms with E-state index in [0.717, 1.165) is 5.57 Å². The molecule has 0 spiro atoms. The van der Waals surface area contributed by atoms with E-state index in [0.29, 0.717) is 38.5 Å². The molecule has 3 saturated heterocycles. The average molecular weight is 931 g/mol. The van der Waals surface area contributed by atoms with Crippen molar-refractivity contribution in [1.82, 2.24) is 0 Å². The summed E-state index contributed by atoms with van der Waals surface area (Å²) in [5.74, 6) is -1.68. The van der Waals surface area contributed by atoms with Gasteiger partial charge in [0.1, 0.15) is 66.5 Å². The summed E-state index contributed by atoms with van der Waals surface area (Å²) >= 11 is 0. The Hall–Kier alpha value is -1.47. The number of hydrogen-bond donors (Lipinski definition) is 12. The van der Waals surface area contributed by atoms with Crippen molar-refractivity contribution in [2.75, 3.05) is 26.4 Å². The molecule has 0 amide bonds. The number of hydrogen-bond acceptors (Lipinski definition) is 19. The van der Waals surface area contributed by atoms with Crippen LogP contribution in [0.5, 0.6) is 0 Å². The van der Waals surface area contributed by atoms with Crippen LogP contribution in [0.15, 0.2) is 11.6 Å². The van der Waals surface area contributed by atoms with Gasteiger partial charge in [-0.05, 0) is 90.8 Å². The summed E-state index contributed by atoms with van der Waals surface area (Å²) < 4.78 is 36.6. The minimum absolute atomic E-state index is 0.101. The van der Waals surface area contributed by atoms with E-state index in [-0.39, 0.29) is 36.7 Å². The van der Waals surface area contributed by atoms with Crippen LogP contribution < -0.4 is 0 Å². The van der Waals surface area contributed by atoms with Crippen LogP contribution in [0, 0.1) is 50.2 Å². The molecule has 19 heteroatoms. The molecule has 8 rings (SSSR count). The number of fused-ring (bicyclic) bond motifs is 7. The number of esters is 1. The molecule has 0 radical (unpaired) electrons. The molecular formula is C46H74O19. The number of aliphatic hydroxyl groups excluding tert-OH is 12. The minimum atomic E-state index is -1.84. The molecule has 372 valence electrons. The Kier molecular flexibility index (Phi) is 13.4. The lowest BCUT2D eigenvalue weighted by molar-refractivity contribution is -0.371. The smallest absolute Gasteiger partial charge is 0.317 e. The Morgan fingerprint density at radius 3 is 1.95 bits per heavy atom. The third-order valence-electron chi connectivity index (χ3n) is 18.7. The molecular weight excluding hydrogens is 856 g/mol. The molecule has 3 heterocycles. The van der Waals surface area contributed by atoms with Gasteiger partial charge in [0, 0.05) is 5.41 Å². The van der Waals surface area contributed by atoms with Crippen molar-refractivity contribution in [2.24, 2.45) is 50.2 Å². The number of allylic oxidation sites excluding steroid dienone is 2. The maximum absolute atomic E-state index is 15.5. The molecule has 12 N–H and O–H groups in total. The summed E-state index contributed by atoms with van der Waals surface area (Å²) in [6.07, 6.45) is -19.4. The van der Waals surface area contributed by atoms with Crippen LogP contribution in [0.1, 0.15) is 92.9 Å². The molecule has 24 atom stereocenters. The second-order valence-corrected chi connectivity index (χ2v) is 22.7. The molecule has 0 aromatic carbocycles. The molecule has 0 bridgehead atoms. The fourth-order valence-electron chi connectivity index (χ4n) is 14.6. The average Bonchev–Trinajstić information content (AvgIpc) is 3.25. The van der Waals surface area contributed by atoms with Crippen molar-refractivity contribution >= 4 is 5.97 Å². The van der Waals surface area contributed by atoms with Crippen LogP contribution >= 0.6 is 0 Å². The van der Waals surface area contributed by atoms with Crippen LogP contribution in [-0.4, -0.2) is 192 Å². The summed E-state index contributed by atoms with van der Waals surface area (Å²) in [7, 11) is 0. The lowest BCUT2D eigenvalue weighted by Gasteiger charge is -2.72. The Balaban J connectivity index is 1.25. The van der Waals surface area contributed by atoms with Gasteiger partial charge in [-0.3, -0.25) is 4.79 Å². The molecule has 0 aromatic heterocycles. The van der Waals surface area contributed by atoms with Crippen molar-refractivity contribution in [3.05, 3.63) is 11.6 Å². The van der Waals surface area contributed by atoms with Crippen molar-refractivity contribution in [3.63, 3.8) is 0 Å². The number of aliphatic hydroxyl groups is 12. The number of carbonyl (C=O) groups excluding carboxylic acids is 1. The molecule has 5 aliphatic carbocycles. The van der Waals surface area contributed by atoms with Gasteiger partial charge in [0.2, 0.25) is 6.29 Å². The van der Waals surface area contributed by atoms with Crippen molar-refractivity contribution in [1.29, 1.82) is 0 Å². The fraction of sp³-hybridized carbons (Fsp3) is 0.935. The highest BCUT2D eigenvalue weighted by Gasteiger charge is 2.73. The quantitative estimate of drug-likeness (QED) is 0.0957. The standard InChI is InChI=1S/C46H74O19/c1-41(2)11-12-46(40(59)65-38-34(57)30(53)24(51)18-61-38)21(13-41)20-7-8-27-42(3)14-22(49)36(58)43(4,19-48)26(42)9-10-44(27,5)45(20,6)15-28(46)63-39-35(32(55)31(54)25(16-47)62-39)64-37-33(56)29(52)23(50)17-60-37/h7,21-39,47-58H,8-19H2,1-6H3/t21-,22-,23-,24+,25+,26+,27+,28+,29-,30-,31+,32-,33+,34+,35+,36-,37-,38-,39-,42-,43-,44+,45+,46+/m0/s1. The Morgan fingerprint density at radius 1 is 0.692 bits per heavy atom. The third-order valence-corrected chi connectivity index (χ3v) is 18.7. The molecule has 7 fully saturated rings. The van der Waals surface area contributed by atoms with Crippen molar-refractivity contribution in [2.45, 2.75) is 191 Å². The van der Waals surface area contributed by atoms with E-state index >= 15 is 4.79 Å². The highest BCUT2D eigenvalue weighted by atomic mass is 16.8. The lowest BCUT2D eigenvalue weighted by atomic mass is 9.33. The Labute approximate surface area is 379 Å². The minimum Gasteiger partial charge on any atom is -0.432 e. The molecule has 19 nitrogen and oxygen atoms in total. The van der Waals surface area contributed by atoms with E-state index < -0.39 is 157 Å². The largest absolute Gasteiger partial charge is 0.432 e. The number of ether oxygens (including phenoxy) is 6. The van der Waals surface area contributed by atoms with Crippen LogP contribution in [0.2, 0.25) is 0 Å². The fourth-order valence-corrected chi connectivity index (χ4v) is 14.6. The van der Waals surface area contributed by atoms with E-state index in [4.69, 9.17) is 28.4 Å².